The maximum atomic E-state index is 5.46. The molecule has 0 spiro atoms. The van der Waals surface area contributed by atoms with Crippen molar-refractivity contribution in [3.63, 3.8) is 0 Å². The molecule has 0 saturated heterocycles. The molecule has 0 fully saturated rings. The highest BCUT2D eigenvalue weighted by Gasteiger charge is 2.19. The zero-order valence-corrected chi connectivity index (χ0v) is 12.1. The Morgan fingerprint density at radius 1 is 1.06 bits per heavy atom. The van der Waals surface area contributed by atoms with E-state index in [0.717, 1.165) is 23.5 Å². The standard InChI is InChI=1S/C15H25NO2/c1-11(2)9-10-12(16-3)15-13(17-4)7-6-8-14(15)18-5/h6-8,11-12,16H,9-10H2,1-5H3. The van der Waals surface area contributed by atoms with E-state index in [4.69, 9.17) is 9.47 Å². The van der Waals surface area contributed by atoms with E-state index in [1.54, 1.807) is 14.2 Å². The van der Waals surface area contributed by atoms with Gasteiger partial charge in [-0.25, -0.2) is 0 Å². The zero-order valence-electron chi connectivity index (χ0n) is 12.1. The smallest absolute Gasteiger partial charge is 0.127 e. The summed E-state index contributed by atoms with van der Waals surface area (Å²) in [6, 6.07) is 6.18. The lowest BCUT2D eigenvalue weighted by Crippen LogP contribution is -2.18. The molecule has 1 rings (SSSR count). The summed E-state index contributed by atoms with van der Waals surface area (Å²) in [5, 5.41) is 3.36. The summed E-state index contributed by atoms with van der Waals surface area (Å²) in [7, 11) is 5.39. The lowest BCUT2D eigenvalue weighted by molar-refractivity contribution is 0.364. The van der Waals surface area contributed by atoms with Crippen molar-refractivity contribution in [2.45, 2.75) is 32.7 Å². The first-order chi connectivity index (χ1) is 8.63. The van der Waals surface area contributed by atoms with Gasteiger partial charge in [0, 0.05) is 6.04 Å². The first-order valence-electron chi connectivity index (χ1n) is 6.52. The Hall–Kier alpha value is -1.22. The molecule has 0 aromatic heterocycles. The van der Waals surface area contributed by atoms with Gasteiger partial charge in [0.2, 0.25) is 0 Å². The van der Waals surface area contributed by atoms with Crippen molar-refractivity contribution in [2.24, 2.45) is 5.92 Å². The summed E-state index contributed by atoms with van der Waals surface area (Å²) in [5.41, 5.74) is 1.12. The molecule has 0 bridgehead atoms. The van der Waals surface area contributed by atoms with Crippen LogP contribution in [0, 0.1) is 5.92 Å². The molecule has 102 valence electrons. The van der Waals surface area contributed by atoms with Crippen LogP contribution >= 0.6 is 0 Å². The van der Waals surface area contributed by atoms with Crippen LogP contribution in [0.4, 0.5) is 0 Å². The normalized spacial score (nSPS) is 12.6. The molecule has 0 radical (unpaired) electrons. The van der Waals surface area contributed by atoms with Crippen LogP contribution in [0.5, 0.6) is 11.5 Å². The highest BCUT2D eigenvalue weighted by molar-refractivity contribution is 5.47. The Bertz CT molecular complexity index is 341. The number of nitrogens with one attached hydrogen (secondary N) is 1. The molecule has 1 aromatic rings. The molecule has 0 aliphatic carbocycles. The van der Waals surface area contributed by atoms with Gasteiger partial charge in [-0.1, -0.05) is 19.9 Å². The van der Waals surface area contributed by atoms with Crippen molar-refractivity contribution < 1.29 is 9.47 Å². The zero-order chi connectivity index (χ0) is 13.5. The Morgan fingerprint density at radius 2 is 1.61 bits per heavy atom. The van der Waals surface area contributed by atoms with E-state index in [1.165, 1.54) is 6.42 Å². The van der Waals surface area contributed by atoms with Gasteiger partial charge in [0.05, 0.1) is 19.8 Å². The molecule has 1 unspecified atom stereocenters. The summed E-state index contributed by atoms with van der Waals surface area (Å²) in [4.78, 5) is 0. The third-order valence-corrected chi connectivity index (χ3v) is 3.20. The number of hydrogen-bond acceptors (Lipinski definition) is 3. The van der Waals surface area contributed by atoms with Crippen LogP contribution in [0.3, 0.4) is 0 Å². The summed E-state index contributed by atoms with van der Waals surface area (Å²) in [5.74, 6) is 2.47. The first kappa shape index (κ1) is 14.8. The van der Waals surface area contributed by atoms with Crippen molar-refractivity contribution >= 4 is 0 Å². The van der Waals surface area contributed by atoms with E-state index < -0.39 is 0 Å². The summed E-state index contributed by atoms with van der Waals surface area (Å²) >= 11 is 0. The SMILES string of the molecule is CNC(CCC(C)C)c1c(OC)cccc1OC. The van der Waals surface area contributed by atoms with E-state index in [2.05, 4.69) is 19.2 Å². The molecule has 0 saturated carbocycles. The van der Waals surface area contributed by atoms with Crippen LogP contribution in [-0.2, 0) is 0 Å². The van der Waals surface area contributed by atoms with Gasteiger partial charge < -0.3 is 14.8 Å². The quantitative estimate of drug-likeness (QED) is 0.805. The van der Waals surface area contributed by atoms with Crippen molar-refractivity contribution in [2.75, 3.05) is 21.3 Å². The molecule has 18 heavy (non-hydrogen) atoms. The van der Waals surface area contributed by atoms with Gasteiger partial charge in [-0.15, -0.1) is 0 Å². The minimum Gasteiger partial charge on any atom is -0.496 e. The Labute approximate surface area is 110 Å². The summed E-state index contributed by atoms with van der Waals surface area (Å²) in [6.07, 6.45) is 2.25. The molecule has 0 amide bonds. The van der Waals surface area contributed by atoms with Gasteiger partial charge in [-0.2, -0.15) is 0 Å². The largest absolute Gasteiger partial charge is 0.496 e. The van der Waals surface area contributed by atoms with Gasteiger partial charge in [-0.3, -0.25) is 0 Å². The van der Waals surface area contributed by atoms with Crippen LogP contribution in [-0.4, -0.2) is 21.3 Å². The van der Waals surface area contributed by atoms with Crippen LogP contribution in [0.2, 0.25) is 0 Å². The average Bonchev–Trinajstić information content (AvgIpc) is 2.39. The predicted octanol–water partition coefficient (Wildman–Crippen LogP) is 3.40. The lowest BCUT2D eigenvalue weighted by Gasteiger charge is -2.22. The van der Waals surface area contributed by atoms with Crippen LogP contribution in [0.25, 0.3) is 0 Å². The fraction of sp³-hybridized carbons (Fsp3) is 0.600. The summed E-state index contributed by atoms with van der Waals surface area (Å²) in [6.45, 7) is 4.48. The molecule has 1 atom stereocenters. The van der Waals surface area contributed by atoms with Gasteiger partial charge in [0.25, 0.3) is 0 Å². The third kappa shape index (κ3) is 3.64. The second-order valence-electron chi connectivity index (χ2n) is 4.89. The second kappa shape index (κ2) is 7.27. The van der Waals surface area contributed by atoms with Gasteiger partial charge in [-0.05, 0) is 37.9 Å². The highest BCUT2D eigenvalue weighted by atomic mass is 16.5. The van der Waals surface area contributed by atoms with Crippen molar-refractivity contribution in [1.82, 2.24) is 5.32 Å². The Kier molecular flexibility index (Phi) is 5.99. The molecular weight excluding hydrogens is 226 g/mol. The highest BCUT2D eigenvalue weighted by Crippen LogP contribution is 2.36. The summed E-state index contributed by atoms with van der Waals surface area (Å²) < 4.78 is 10.9. The van der Waals surface area contributed by atoms with Gasteiger partial charge in [0.1, 0.15) is 11.5 Å². The number of rotatable bonds is 7. The van der Waals surface area contributed by atoms with Crippen molar-refractivity contribution in [3.05, 3.63) is 23.8 Å². The fourth-order valence-corrected chi connectivity index (χ4v) is 2.16. The molecule has 3 nitrogen and oxygen atoms in total. The van der Waals surface area contributed by atoms with E-state index >= 15 is 0 Å². The van der Waals surface area contributed by atoms with Crippen LogP contribution < -0.4 is 14.8 Å². The van der Waals surface area contributed by atoms with E-state index in [0.29, 0.717) is 5.92 Å². The molecule has 1 aromatic carbocycles. The van der Waals surface area contributed by atoms with Gasteiger partial charge in [0.15, 0.2) is 0 Å². The minimum absolute atomic E-state index is 0.262. The first-order valence-corrected chi connectivity index (χ1v) is 6.52. The lowest BCUT2D eigenvalue weighted by atomic mass is 9.96. The monoisotopic (exact) mass is 251 g/mol. The third-order valence-electron chi connectivity index (χ3n) is 3.20. The minimum atomic E-state index is 0.262. The molecule has 3 heteroatoms. The number of hydrogen-bond donors (Lipinski definition) is 1. The Balaban J connectivity index is 3.02. The molecule has 1 N–H and O–H groups in total. The maximum absolute atomic E-state index is 5.46. The number of benzene rings is 1. The van der Waals surface area contributed by atoms with Gasteiger partial charge >= 0.3 is 0 Å². The second-order valence-corrected chi connectivity index (χ2v) is 4.89. The number of methoxy groups -OCH3 is 2. The molecule has 0 aliphatic rings. The average molecular weight is 251 g/mol. The number of ether oxygens (including phenoxy) is 2. The predicted molar refractivity (Wildman–Crippen MR) is 75.4 cm³/mol. The van der Waals surface area contributed by atoms with Crippen molar-refractivity contribution in [3.8, 4) is 11.5 Å². The molecule has 0 aliphatic heterocycles. The topological polar surface area (TPSA) is 30.5 Å². The van der Waals surface area contributed by atoms with E-state index in [9.17, 15) is 0 Å². The molecular formula is C15H25NO2. The van der Waals surface area contributed by atoms with Crippen molar-refractivity contribution in [1.29, 1.82) is 0 Å². The van der Waals surface area contributed by atoms with E-state index in [-0.39, 0.29) is 6.04 Å². The molecule has 0 heterocycles. The fourth-order valence-electron chi connectivity index (χ4n) is 2.16. The van der Waals surface area contributed by atoms with Crippen LogP contribution in [0.15, 0.2) is 18.2 Å². The van der Waals surface area contributed by atoms with Crippen LogP contribution in [0.1, 0.15) is 38.3 Å². The Morgan fingerprint density at radius 3 is 2.00 bits per heavy atom. The van der Waals surface area contributed by atoms with E-state index in [1.807, 2.05) is 25.2 Å². The maximum Gasteiger partial charge on any atom is 0.127 e.